The minimum absolute atomic E-state index is 0. The lowest BCUT2D eigenvalue weighted by Gasteiger charge is -2.46. The van der Waals surface area contributed by atoms with Crippen LogP contribution in [0, 0.1) is 0 Å². The molecule has 0 radical (unpaired) electrons. The largest absolute Gasteiger partial charge is 0.416 e. The monoisotopic (exact) mass is 907 g/mol. The van der Waals surface area contributed by atoms with E-state index in [1.807, 2.05) is 12.1 Å². The minimum atomic E-state index is -5.11. The van der Waals surface area contributed by atoms with Gasteiger partial charge in [0.05, 0.1) is 46.0 Å². The van der Waals surface area contributed by atoms with Gasteiger partial charge in [0.2, 0.25) is 5.91 Å². The van der Waals surface area contributed by atoms with Crippen LogP contribution in [0.5, 0.6) is 0 Å². The molecule has 2 aliphatic heterocycles. The van der Waals surface area contributed by atoms with Crippen LogP contribution in [0.4, 0.5) is 26.3 Å². The molecule has 1 spiro atoms. The van der Waals surface area contributed by atoms with Gasteiger partial charge in [-0.15, -0.1) is 12.4 Å². The number of aliphatic hydroxyl groups is 1. The maximum Gasteiger partial charge on any atom is 0.416 e. The smallest absolute Gasteiger partial charge is 0.390 e. The summed E-state index contributed by atoms with van der Waals surface area (Å²) in [6, 6.07) is 14.0. The minimum Gasteiger partial charge on any atom is -0.390 e. The Kier molecular flexibility index (Phi) is 14.9. The number of amides is 2. The van der Waals surface area contributed by atoms with Crippen LogP contribution in [-0.4, -0.2) is 103 Å². The second kappa shape index (κ2) is 18.7. The zero-order valence-corrected chi connectivity index (χ0v) is 35.9. The molecule has 2 heterocycles. The topological polar surface area (TPSA) is 82.5 Å². The molecule has 1 aliphatic carbocycles. The van der Waals surface area contributed by atoms with Crippen LogP contribution < -0.4 is 0 Å². The van der Waals surface area contributed by atoms with Gasteiger partial charge >= 0.3 is 12.4 Å². The van der Waals surface area contributed by atoms with Crippen molar-refractivity contribution >= 4 is 47.4 Å². The Morgan fingerprint density at radius 2 is 1.58 bits per heavy atom. The summed E-state index contributed by atoms with van der Waals surface area (Å²) in [5.41, 5.74) is -3.30. The Balaban J connectivity index is 0.00000683. The van der Waals surface area contributed by atoms with Crippen LogP contribution in [0.2, 0.25) is 10.0 Å². The molecule has 2 saturated heterocycles. The van der Waals surface area contributed by atoms with E-state index in [9.17, 15) is 41.0 Å². The van der Waals surface area contributed by atoms with Crippen molar-refractivity contribution in [3.63, 3.8) is 0 Å². The van der Waals surface area contributed by atoms with Gasteiger partial charge in [-0.05, 0) is 112 Å². The summed E-state index contributed by atoms with van der Waals surface area (Å²) in [7, 11) is 1.73. The van der Waals surface area contributed by atoms with Crippen molar-refractivity contribution in [1.29, 1.82) is 0 Å². The number of piperidine rings is 1. The van der Waals surface area contributed by atoms with E-state index >= 15 is 0 Å². The Bertz CT molecular complexity index is 1970. The average Bonchev–Trinajstić information content (AvgIpc) is 3.48. The van der Waals surface area contributed by atoms with E-state index in [0.29, 0.717) is 69.6 Å². The van der Waals surface area contributed by atoms with E-state index in [0.717, 1.165) is 12.8 Å². The molecule has 2 atom stereocenters. The molecule has 0 saturated carbocycles. The molecule has 3 aromatic rings. The first-order chi connectivity index (χ1) is 27.6. The lowest BCUT2D eigenvalue weighted by Crippen LogP contribution is -2.54. The molecular formula is C43H50Cl3F6N3O5. The van der Waals surface area contributed by atoms with Crippen LogP contribution in [-0.2, 0) is 44.1 Å². The first-order valence-corrected chi connectivity index (χ1v) is 20.4. The second-order valence-corrected chi connectivity index (χ2v) is 17.4. The fourth-order valence-corrected chi connectivity index (χ4v) is 9.00. The van der Waals surface area contributed by atoms with Crippen molar-refractivity contribution in [2.45, 2.75) is 87.4 Å². The summed E-state index contributed by atoms with van der Waals surface area (Å²) in [6.07, 6.45) is -6.80. The van der Waals surface area contributed by atoms with E-state index in [4.69, 9.17) is 32.7 Å². The Morgan fingerprint density at radius 1 is 0.933 bits per heavy atom. The highest BCUT2D eigenvalue weighted by Crippen LogP contribution is 2.48. The standard InChI is InChI=1S/C43H49Cl2F6N3O5.ClH/c1-39(2,57)11-6-15-52(3)37(55)26-58-36-23-28-7-4-5-8-33(28)40(36)12-16-53(17-13-40)18-14-41(30-9-10-34(44)35(45)25-30)27-54(19-20-59-41)38(56)29-21-31(42(46,47)48)24-32(22-29)43(49,50)51;/h4-5,7-10,21-22,24-25,36,57H,6,11-20,23,26-27H2,1-3H3;1H/t36-,41+;/m0./s1. The van der Waals surface area contributed by atoms with E-state index in [-0.39, 0.29) is 72.2 Å². The number of hydrogen-bond donors (Lipinski definition) is 1. The van der Waals surface area contributed by atoms with Crippen LogP contribution in [0.1, 0.15) is 84.1 Å². The van der Waals surface area contributed by atoms with Crippen LogP contribution in [0.25, 0.3) is 0 Å². The second-order valence-electron chi connectivity index (χ2n) is 16.6. The number of benzene rings is 3. The third kappa shape index (κ3) is 10.9. The molecule has 0 bridgehead atoms. The maximum atomic E-state index is 13.8. The Labute approximate surface area is 362 Å². The van der Waals surface area contributed by atoms with Gasteiger partial charge in [0.15, 0.2) is 0 Å². The Hall–Kier alpha value is -3.11. The molecule has 2 fully saturated rings. The highest BCUT2D eigenvalue weighted by atomic mass is 35.5. The molecule has 17 heteroatoms. The van der Waals surface area contributed by atoms with Crippen molar-refractivity contribution < 1.29 is 50.5 Å². The number of morpholine rings is 1. The summed E-state index contributed by atoms with van der Waals surface area (Å²) in [5.74, 6) is -1.12. The summed E-state index contributed by atoms with van der Waals surface area (Å²) in [6.45, 7) is 5.43. The van der Waals surface area contributed by atoms with Gasteiger partial charge in [-0.25, -0.2) is 0 Å². The molecule has 8 nitrogen and oxygen atoms in total. The number of hydrogen-bond acceptors (Lipinski definition) is 6. The number of ether oxygens (including phenoxy) is 2. The van der Waals surface area contributed by atoms with Gasteiger partial charge in [-0.2, -0.15) is 26.3 Å². The summed E-state index contributed by atoms with van der Waals surface area (Å²) in [5, 5.41) is 10.5. The van der Waals surface area contributed by atoms with Crippen LogP contribution in [0.15, 0.2) is 60.7 Å². The maximum absolute atomic E-state index is 13.8. The molecule has 0 aromatic heterocycles. The SMILES string of the molecule is CN(CCCC(C)(C)O)C(=O)CO[C@H]1Cc2ccccc2C12CCN(CC[C@]1(c3ccc(Cl)c(Cl)c3)CN(C(=O)c3cc(C(F)(F)F)cc(C(F)(F)F)c3)CCO1)CC2.Cl. The number of fused-ring (bicyclic) bond motifs is 2. The van der Waals surface area contributed by atoms with E-state index in [1.165, 1.54) is 16.0 Å². The molecule has 2 amide bonds. The van der Waals surface area contributed by atoms with Crippen LogP contribution in [0.3, 0.4) is 0 Å². The van der Waals surface area contributed by atoms with Crippen molar-refractivity contribution in [2.24, 2.45) is 0 Å². The number of likely N-dealkylation sites (tertiary alicyclic amines) is 1. The zero-order valence-electron chi connectivity index (χ0n) is 33.6. The summed E-state index contributed by atoms with van der Waals surface area (Å²) >= 11 is 12.7. The molecule has 0 unspecified atom stereocenters. The molecule has 3 aliphatic rings. The van der Waals surface area contributed by atoms with Crippen LogP contribution >= 0.6 is 35.6 Å². The fraction of sp³-hybridized carbons (Fsp3) is 0.535. The molecular weight excluding hydrogens is 859 g/mol. The predicted octanol–water partition coefficient (Wildman–Crippen LogP) is 9.20. The lowest BCUT2D eigenvalue weighted by molar-refractivity contribution is -0.143. The third-order valence-corrected chi connectivity index (χ3v) is 12.8. The van der Waals surface area contributed by atoms with Gasteiger partial charge in [0.25, 0.3) is 5.91 Å². The fourth-order valence-electron chi connectivity index (χ4n) is 8.70. The average molecular weight is 909 g/mol. The highest BCUT2D eigenvalue weighted by Gasteiger charge is 2.50. The lowest BCUT2D eigenvalue weighted by atomic mass is 9.72. The molecule has 6 rings (SSSR count). The van der Waals surface area contributed by atoms with Crippen molar-refractivity contribution in [2.75, 3.05) is 59.5 Å². The van der Waals surface area contributed by atoms with E-state index in [1.54, 1.807) is 44.0 Å². The quantitative estimate of drug-likeness (QED) is 0.183. The molecule has 1 N–H and O–H groups in total. The number of likely N-dealkylation sites (N-methyl/N-ethyl adjacent to an activating group) is 1. The number of alkyl halides is 6. The van der Waals surface area contributed by atoms with E-state index in [2.05, 4.69) is 17.0 Å². The van der Waals surface area contributed by atoms with Gasteiger partial charge in [0.1, 0.15) is 12.2 Å². The first-order valence-electron chi connectivity index (χ1n) is 19.7. The number of nitrogens with zero attached hydrogens (tertiary/aromatic N) is 3. The number of carbonyl (C=O) groups is 2. The van der Waals surface area contributed by atoms with Gasteiger partial charge < -0.3 is 29.3 Å². The molecule has 330 valence electrons. The molecule has 60 heavy (non-hydrogen) atoms. The van der Waals surface area contributed by atoms with Gasteiger partial charge in [-0.3, -0.25) is 9.59 Å². The number of carbonyl (C=O) groups excluding carboxylic acids is 2. The molecule has 3 aromatic carbocycles. The zero-order chi connectivity index (χ0) is 43.0. The normalized spacial score (nSPS) is 20.8. The first kappa shape index (κ1) is 47.9. The van der Waals surface area contributed by atoms with E-state index < -0.39 is 46.2 Å². The summed E-state index contributed by atoms with van der Waals surface area (Å²) < 4.78 is 95.2. The highest BCUT2D eigenvalue weighted by molar-refractivity contribution is 6.42. The van der Waals surface area contributed by atoms with Crippen molar-refractivity contribution in [3.8, 4) is 0 Å². The number of halogens is 9. The van der Waals surface area contributed by atoms with Gasteiger partial charge in [-0.1, -0.05) is 53.5 Å². The Morgan fingerprint density at radius 3 is 2.20 bits per heavy atom. The number of rotatable bonds is 12. The van der Waals surface area contributed by atoms with Crippen molar-refractivity contribution in [3.05, 3.63) is 104 Å². The third-order valence-electron chi connectivity index (χ3n) is 12.0. The summed E-state index contributed by atoms with van der Waals surface area (Å²) in [4.78, 5) is 32.1. The van der Waals surface area contributed by atoms with Gasteiger partial charge in [0, 0.05) is 37.7 Å². The predicted molar refractivity (Wildman–Crippen MR) is 219 cm³/mol. The van der Waals surface area contributed by atoms with Crippen molar-refractivity contribution in [1.82, 2.24) is 14.7 Å².